The van der Waals surface area contributed by atoms with E-state index in [9.17, 15) is 40.5 Å². The van der Waals surface area contributed by atoms with Crippen LogP contribution in [0.2, 0.25) is 0 Å². The van der Waals surface area contributed by atoms with Crippen molar-refractivity contribution in [3.63, 3.8) is 0 Å². The first kappa shape index (κ1) is 64.3. The van der Waals surface area contributed by atoms with Crippen LogP contribution in [0.3, 0.4) is 0 Å². The number of aliphatic hydroxyl groups is 7. The summed E-state index contributed by atoms with van der Waals surface area (Å²) in [5, 5.41) is 72.2. The number of aliphatic hydroxyl groups excluding tert-OH is 7. The molecule has 0 radical (unpaired) electrons. The van der Waals surface area contributed by atoms with Gasteiger partial charge in [0.2, 0.25) is 0 Å². The molecule has 2 saturated heterocycles. The molecular formula is C57H96O14. The SMILES string of the molecule is CC/C=C\C/C=C\C/C=C\C/C=C\CCCCCCCCCCCCCOCC(COC1OC(COC2OC(CO)C(O)C(O)C2O)C(O)C(O)C1O)OC(=O)CCCCC/C=C\C/C=C\C/C=C\CC. The highest BCUT2D eigenvalue weighted by atomic mass is 16.7. The molecule has 0 aromatic carbocycles. The van der Waals surface area contributed by atoms with Crippen molar-refractivity contribution in [2.75, 3.05) is 33.0 Å². The molecule has 0 aliphatic carbocycles. The molecule has 14 heteroatoms. The number of carbonyl (C=O) groups excluding carboxylic acids is 1. The highest BCUT2D eigenvalue weighted by Gasteiger charge is 2.47. The third-order valence-corrected chi connectivity index (χ3v) is 12.4. The lowest BCUT2D eigenvalue weighted by atomic mass is 9.98. The van der Waals surface area contributed by atoms with Gasteiger partial charge in [0, 0.05) is 13.0 Å². The zero-order valence-electron chi connectivity index (χ0n) is 43.4. The Kier molecular flexibility index (Phi) is 39.4. The lowest BCUT2D eigenvalue weighted by Crippen LogP contribution is -2.61. The minimum Gasteiger partial charge on any atom is -0.457 e. The fourth-order valence-corrected chi connectivity index (χ4v) is 8.05. The number of ether oxygens (including phenoxy) is 6. The Bertz CT molecular complexity index is 1490. The van der Waals surface area contributed by atoms with Gasteiger partial charge in [-0.1, -0.05) is 163 Å². The molecule has 2 heterocycles. The Morgan fingerprint density at radius 2 is 0.873 bits per heavy atom. The van der Waals surface area contributed by atoms with Crippen molar-refractivity contribution in [3.8, 4) is 0 Å². The van der Waals surface area contributed by atoms with Crippen LogP contribution in [0.5, 0.6) is 0 Å². The van der Waals surface area contributed by atoms with E-state index in [-0.39, 0.29) is 19.6 Å². The van der Waals surface area contributed by atoms with Crippen molar-refractivity contribution >= 4 is 5.97 Å². The molecule has 2 fully saturated rings. The molecule has 2 aliphatic heterocycles. The Morgan fingerprint density at radius 1 is 0.465 bits per heavy atom. The zero-order chi connectivity index (χ0) is 51.6. The van der Waals surface area contributed by atoms with Crippen LogP contribution in [0.1, 0.15) is 168 Å². The molecular weight excluding hydrogens is 909 g/mol. The van der Waals surface area contributed by atoms with Crippen LogP contribution in [-0.2, 0) is 33.2 Å². The van der Waals surface area contributed by atoms with Gasteiger partial charge < -0.3 is 64.2 Å². The molecule has 11 unspecified atom stereocenters. The molecule has 2 aliphatic rings. The van der Waals surface area contributed by atoms with Gasteiger partial charge in [-0.15, -0.1) is 0 Å². The Hall–Kier alpha value is -2.83. The summed E-state index contributed by atoms with van der Waals surface area (Å²) < 4.78 is 34.3. The van der Waals surface area contributed by atoms with Gasteiger partial charge in [-0.25, -0.2) is 0 Å². The third kappa shape index (κ3) is 30.8. The Morgan fingerprint density at radius 3 is 1.37 bits per heavy atom. The topological polar surface area (TPSA) is 214 Å². The van der Waals surface area contributed by atoms with E-state index in [1.807, 2.05) is 0 Å². The molecule has 11 atom stereocenters. The summed E-state index contributed by atoms with van der Waals surface area (Å²) in [6.07, 6.45) is 39.4. The van der Waals surface area contributed by atoms with Gasteiger partial charge in [0.15, 0.2) is 12.6 Å². The van der Waals surface area contributed by atoms with E-state index in [0.717, 1.165) is 89.9 Å². The average molecular weight is 1010 g/mol. The van der Waals surface area contributed by atoms with Crippen molar-refractivity contribution in [1.82, 2.24) is 0 Å². The molecule has 0 bridgehead atoms. The number of allylic oxidation sites excluding steroid dienone is 14. The summed E-state index contributed by atoms with van der Waals surface area (Å²) >= 11 is 0. The number of hydrogen-bond acceptors (Lipinski definition) is 14. The summed E-state index contributed by atoms with van der Waals surface area (Å²) in [7, 11) is 0. The Balaban J connectivity index is 1.72. The van der Waals surface area contributed by atoms with Gasteiger partial charge in [-0.05, 0) is 83.5 Å². The van der Waals surface area contributed by atoms with E-state index < -0.39 is 86.7 Å². The highest BCUT2D eigenvalue weighted by Crippen LogP contribution is 2.26. The second-order valence-electron chi connectivity index (χ2n) is 18.6. The first-order valence-electron chi connectivity index (χ1n) is 27.2. The first-order valence-corrected chi connectivity index (χ1v) is 27.2. The molecule has 2 rings (SSSR count). The van der Waals surface area contributed by atoms with Crippen LogP contribution in [0.15, 0.2) is 85.1 Å². The molecule has 0 aromatic rings. The van der Waals surface area contributed by atoms with E-state index in [1.165, 1.54) is 51.4 Å². The summed E-state index contributed by atoms with van der Waals surface area (Å²) in [4.78, 5) is 13.0. The second kappa shape index (κ2) is 43.6. The second-order valence-corrected chi connectivity index (χ2v) is 18.6. The summed E-state index contributed by atoms with van der Waals surface area (Å²) in [6, 6.07) is 0. The number of esters is 1. The molecule has 0 spiro atoms. The molecule has 0 amide bonds. The summed E-state index contributed by atoms with van der Waals surface area (Å²) in [5.41, 5.74) is 0. The van der Waals surface area contributed by atoms with E-state index in [4.69, 9.17) is 28.4 Å². The van der Waals surface area contributed by atoms with Gasteiger partial charge in [0.1, 0.15) is 54.9 Å². The maximum absolute atomic E-state index is 13.0. The van der Waals surface area contributed by atoms with Gasteiger partial charge >= 0.3 is 5.97 Å². The zero-order valence-corrected chi connectivity index (χ0v) is 43.4. The van der Waals surface area contributed by atoms with Crippen molar-refractivity contribution < 1.29 is 69.0 Å². The first-order chi connectivity index (χ1) is 34.6. The maximum Gasteiger partial charge on any atom is 0.306 e. The monoisotopic (exact) mass is 1000 g/mol. The van der Waals surface area contributed by atoms with Crippen LogP contribution in [0, 0.1) is 0 Å². The summed E-state index contributed by atoms with van der Waals surface area (Å²) in [5.74, 6) is -0.409. The summed E-state index contributed by atoms with van der Waals surface area (Å²) in [6.45, 7) is 3.39. The molecule has 0 aromatic heterocycles. The highest BCUT2D eigenvalue weighted by molar-refractivity contribution is 5.69. The van der Waals surface area contributed by atoms with Crippen molar-refractivity contribution in [1.29, 1.82) is 0 Å². The van der Waals surface area contributed by atoms with Gasteiger partial charge in [-0.2, -0.15) is 0 Å². The third-order valence-electron chi connectivity index (χ3n) is 12.4. The van der Waals surface area contributed by atoms with Crippen LogP contribution >= 0.6 is 0 Å². The molecule has 0 saturated carbocycles. The molecule has 7 N–H and O–H groups in total. The van der Waals surface area contributed by atoms with Gasteiger partial charge in [0.05, 0.1) is 26.4 Å². The maximum atomic E-state index is 13.0. The lowest BCUT2D eigenvalue weighted by Gasteiger charge is -2.42. The van der Waals surface area contributed by atoms with E-state index >= 15 is 0 Å². The number of carbonyl (C=O) groups is 1. The molecule has 71 heavy (non-hydrogen) atoms. The van der Waals surface area contributed by atoms with E-state index in [1.54, 1.807) is 0 Å². The smallest absolute Gasteiger partial charge is 0.306 e. The fraction of sp³-hybridized carbons (Fsp3) is 0.737. The fourth-order valence-electron chi connectivity index (χ4n) is 8.05. The van der Waals surface area contributed by atoms with E-state index in [0.29, 0.717) is 13.0 Å². The van der Waals surface area contributed by atoms with Crippen molar-refractivity contribution in [2.24, 2.45) is 0 Å². The number of rotatable bonds is 42. The lowest BCUT2D eigenvalue weighted by molar-refractivity contribution is -0.332. The van der Waals surface area contributed by atoms with Crippen LogP contribution in [-0.4, -0.2) is 142 Å². The number of unbranched alkanes of at least 4 members (excludes halogenated alkanes) is 14. The minimum atomic E-state index is -1.72. The molecule has 14 nitrogen and oxygen atoms in total. The average Bonchev–Trinajstić information content (AvgIpc) is 3.37. The normalized spacial score (nSPS) is 26.0. The van der Waals surface area contributed by atoms with Crippen LogP contribution < -0.4 is 0 Å². The predicted octanol–water partition coefficient (Wildman–Crippen LogP) is 8.85. The van der Waals surface area contributed by atoms with Gasteiger partial charge in [-0.3, -0.25) is 4.79 Å². The van der Waals surface area contributed by atoms with Crippen molar-refractivity contribution in [3.05, 3.63) is 85.1 Å². The van der Waals surface area contributed by atoms with E-state index in [2.05, 4.69) is 98.9 Å². The van der Waals surface area contributed by atoms with Gasteiger partial charge in [0.25, 0.3) is 0 Å². The largest absolute Gasteiger partial charge is 0.457 e. The number of hydrogen-bond donors (Lipinski definition) is 7. The van der Waals surface area contributed by atoms with Crippen molar-refractivity contribution in [2.45, 2.75) is 235 Å². The quantitative estimate of drug-likeness (QED) is 0.0173. The standard InChI is InChI=1S/C57H96O14/c1-3-5-7-9-11-13-15-17-18-19-20-21-22-23-24-25-26-27-29-31-33-35-37-39-41-66-43-46(69-49(59)40-38-36-34-32-30-28-16-14-12-10-8-6-4-2)44-67-56-55(65)53(63)51(61)48(71-56)45-68-57-54(64)52(62)50(60)47(42-58)70-57/h5-8,11-14,17-18,20-21,28,30,46-48,50-58,60-65H,3-4,9-10,15-16,19,22-27,29,31-45H2,1-2H3/b7-5-,8-6-,13-11-,14-12-,18-17-,21-20-,30-28-. The Labute approximate surface area is 427 Å². The predicted molar refractivity (Wildman–Crippen MR) is 279 cm³/mol. The van der Waals surface area contributed by atoms with Crippen LogP contribution in [0.4, 0.5) is 0 Å². The molecule has 408 valence electrons. The minimum absolute atomic E-state index is 0.0426. The van der Waals surface area contributed by atoms with Crippen LogP contribution in [0.25, 0.3) is 0 Å².